The van der Waals surface area contributed by atoms with Crippen LogP contribution in [0.3, 0.4) is 0 Å². The van der Waals surface area contributed by atoms with Crippen LogP contribution >= 0.6 is 12.4 Å². The number of carboxylic acids is 1. The van der Waals surface area contributed by atoms with E-state index in [0.717, 1.165) is 17.1 Å². The molecule has 4 rings (SSSR count). The van der Waals surface area contributed by atoms with Crippen molar-refractivity contribution in [2.24, 2.45) is 0 Å². The molecule has 0 amide bonds. The molecule has 2 aromatic carbocycles. The number of hydrogen-bond acceptors (Lipinski definition) is 6. The van der Waals surface area contributed by atoms with Gasteiger partial charge in [-0.1, -0.05) is 12.1 Å². The van der Waals surface area contributed by atoms with Gasteiger partial charge in [0.2, 0.25) is 16.8 Å². The first-order chi connectivity index (χ1) is 13.4. The topological polar surface area (TPSA) is 96.4 Å². The highest BCUT2D eigenvalue weighted by Gasteiger charge is 2.29. The minimum atomic E-state index is -3.72. The third kappa shape index (κ3) is 4.48. The van der Waals surface area contributed by atoms with Crippen LogP contribution in [-0.4, -0.2) is 61.7 Å². The van der Waals surface area contributed by atoms with Gasteiger partial charge in [0.05, 0.1) is 10.5 Å². The molecule has 0 saturated carbocycles. The zero-order chi connectivity index (χ0) is 19.7. The van der Waals surface area contributed by atoms with Crippen LogP contribution in [0.4, 0.5) is 0 Å². The van der Waals surface area contributed by atoms with E-state index in [2.05, 4.69) is 4.90 Å². The van der Waals surface area contributed by atoms with Crippen LogP contribution in [0.5, 0.6) is 11.5 Å². The lowest BCUT2D eigenvalue weighted by Gasteiger charge is -2.34. The summed E-state index contributed by atoms with van der Waals surface area (Å²) in [6.07, 6.45) is 0. The lowest BCUT2D eigenvalue weighted by molar-refractivity contribution is 0.0696. The number of ether oxygens (including phenoxy) is 2. The van der Waals surface area contributed by atoms with Crippen molar-refractivity contribution in [1.82, 2.24) is 9.21 Å². The second-order valence-corrected chi connectivity index (χ2v) is 8.64. The van der Waals surface area contributed by atoms with E-state index in [9.17, 15) is 13.2 Å². The van der Waals surface area contributed by atoms with E-state index >= 15 is 0 Å². The fourth-order valence-electron chi connectivity index (χ4n) is 3.36. The van der Waals surface area contributed by atoms with Gasteiger partial charge in [-0.2, -0.15) is 4.31 Å². The van der Waals surface area contributed by atoms with Crippen molar-refractivity contribution in [2.75, 3.05) is 33.0 Å². The molecular formula is C19H21ClN2O6S. The molecule has 156 valence electrons. The molecule has 2 heterocycles. The molecule has 2 aromatic rings. The Balaban J connectivity index is 0.00000240. The number of benzene rings is 2. The number of rotatable bonds is 5. The summed E-state index contributed by atoms with van der Waals surface area (Å²) in [6.45, 7) is 2.81. The van der Waals surface area contributed by atoms with Crippen LogP contribution in [0, 0.1) is 0 Å². The van der Waals surface area contributed by atoms with Crippen LogP contribution in [0.1, 0.15) is 15.9 Å². The standard InChI is InChI=1S/C19H20N2O6S.ClH/c22-19(23)15-2-1-3-16(11-15)28(24,25)21-8-6-20(7-9-21)12-14-4-5-17-18(10-14)27-13-26-17;/h1-5,10-11H,6-9,12-13H2,(H,22,23);1H. The molecule has 10 heteroatoms. The van der Waals surface area contributed by atoms with Crippen molar-refractivity contribution in [2.45, 2.75) is 11.4 Å². The first kappa shape index (κ1) is 21.4. The number of hydrogen-bond donors (Lipinski definition) is 1. The van der Waals surface area contributed by atoms with Crippen molar-refractivity contribution in [1.29, 1.82) is 0 Å². The maximum absolute atomic E-state index is 12.8. The average Bonchev–Trinajstić information content (AvgIpc) is 3.16. The fourth-order valence-corrected chi connectivity index (χ4v) is 4.83. The van der Waals surface area contributed by atoms with E-state index in [1.165, 1.54) is 28.6 Å². The summed E-state index contributed by atoms with van der Waals surface area (Å²) in [4.78, 5) is 13.3. The van der Waals surface area contributed by atoms with Crippen molar-refractivity contribution < 1.29 is 27.8 Å². The van der Waals surface area contributed by atoms with Crippen molar-refractivity contribution in [3.8, 4) is 11.5 Å². The van der Waals surface area contributed by atoms with Gasteiger partial charge >= 0.3 is 5.97 Å². The number of fused-ring (bicyclic) bond motifs is 1. The van der Waals surface area contributed by atoms with Gasteiger partial charge in [0.1, 0.15) is 0 Å². The maximum Gasteiger partial charge on any atom is 0.335 e. The molecule has 29 heavy (non-hydrogen) atoms. The molecule has 8 nitrogen and oxygen atoms in total. The molecule has 1 N–H and O–H groups in total. The van der Waals surface area contributed by atoms with Gasteiger partial charge in [0.25, 0.3) is 0 Å². The van der Waals surface area contributed by atoms with Gasteiger partial charge in [-0.3, -0.25) is 4.90 Å². The monoisotopic (exact) mass is 440 g/mol. The molecule has 1 fully saturated rings. The van der Waals surface area contributed by atoms with Gasteiger partial charge in [0.15, 0.2) is 11.5 Å². The zero-order valence-corrected chi connectivity index (χ0v) is 17.1. The van der Waals surface area contributed by atoms with E-state index in [1.54, 1.807) is 0 Å². The third-order valence-electron chi connectivity index (χ3n) is 4.89. The molecule has 0 aromatic heterocycles. The first-order valence-electron chi connectivity index (χ1n) is 8.88. The summed E-state index contributed by atoms with van der Waals surface area (Å²) in [5.74, 6) is 0.325. The smallest absolute Gasteiger partial charge is 0.335 e. The quantitative estimate of drug-likeness (QED) is 0.759. The minimum absolute atomic E-state index is 0. The summed E-state index contributed by atoms with van der Waals surface area (Å²) in [7, 11) is -3.72. The van der Waals surface area contributed by atoms with Gasteiger partial charge in [-0.25, -0.2) is 13.2 Å². The number of nitrogens with zero attached hydrogens (tertiary/aromatic N) is 2. The number of aromatic carboxylic acids is 1. The van der Waals surface area contributed by atoms with Gasteiger partial charge < -0.3 is 14.6 Å². The van der Waals surface area contributed by atoms with E-state index < -0.39 is 16.0 Å². The summed E-state index contributed by atoms with van der Waals surface area (Å²) in [6, 6.07) is 11.3. The molecule has 2 aliphatic heterocycles. The molecule has 0 atom stereocenters. The lowest BCUT2D eigenvalue weighted by Crippen LogP contribution is -2.48. The highest BCUT2D eigenvalue weighted by atomic mass is 35.5. The Hall–Kier alpha value is -2.33. The van der Waals surface area contributed by atoms with Crippen LogP contribution in [-0.2, 0) is 16.6 Å². The van der Waals surface area contributed by atoms with Crippen molar-refractivity contribution >= 4 is 28.4 Å². The average molecular weight is 441 g/mol. The van der Waals surface area contributed by atoms with E-state index in [-0.39, 0.29) is 29.7 Å². The van der Waals surface area contributed by atoms with Crippen molar-refractivity contribution in [3.05, 3.63) is 53.6 Å². The Morgan fingerprint density at radius 1 is 1.00 bits per heavy atom. The largest absolute Gasteiger partial charge is 0.478 e. The second kappa shape index (κ2) is 8.58. The SMILES string of the molecule is Cl.O=C(O)c1cccc(S(=O)(=O)N2CCN(Cc3ccc4c(c3)OCO4)CC2)c1. The molecule has 0 aliphatic carbocycles. The van der Waals surface area contributed by atoms with E-state index in [1.807, 2.05) is 18.2 Å². The Bertz CT molecular complexity index is 1010. The molecule has 1 saturated heterocycles. The molecule has 0 spiro atoms. The van der Waals surface area contributed by atoms with Gasteiger partial charge in [-0.05, 0) is 35.9 Å². The normalized spacial score (nSPS) is 17.0. The lowest BCUT2D eigenvalue weighted by atomic mass is 10.2. The summed E-state index contributed by atoms with van der Waals surface area (Å²) >= 11 is 0. The summed E-state index contributed by atoms with van der Waals surface area (Å²) in [5, 5.41) is 9.09. The van der Waals surface area contributed by atoms with Crippen LogP contribution in [0.15, 0.2) is 47.4 Å². The zero-order valence-electron chi connectivity index (χ0n) is 15.5. The second-order valence-electron chi connectivity index (χ2n) is 6.70. The highest BCUT2D eigenvalue weighted by Crippen LogP contribution is 2.33. The fraction of sp³-hybridized carbons (Fsp3) is 0.316. The van der Waals surface area contributed by atoms with Crippen molar-refractivity contribution in [3.63, 3.8) is 0 Å². The Kier molecular flexibility index (Phi) is 6.33. The van der Waals surface area contributed by atoms with Gasteiger partial charge in [-0.15, -0.1) is 12.4 Å². The molecular weight excluding hydrogens is 420 g/mol. The highest BCUT2D eigenvalue weighted by molar-refractivity contribution is 7.89. The number of halogens is 1. The molecule has 0 bridgehead atoms. The first-order valence-corrected chi connectivity index (χ1v) is 10.3. The summed E-state index contributed by atoms with van der Waals surface area (Å²) < 4.78 is 37.8. The summed E-state index contributed by atoms with van der Waals surface area (Å²) in [5.41, 5.74) is 1.04. The molecule has 2 aliphatic rings. The number of carboxylic acid groups (broad SMARTS) is 1. The Morgan fingerprint density at radius 2 is 1.72 bits per heavy atom. The van der Waals surface area contributed by atoms with Crippen LogP contribution in [0.25, 0.3) is 0 Å². The number of piperazine rings is 1. The van der Waals surface area contributed by atoms with E-state index in [4.69, 9.17) is 14.6 Å². The van der Waals surface area contributed by atoms with Gasteiger partial charge in [0, 0.05) is 32.7 Å². The minimum Gasteiger partial charge on any atom is -0.478 e. The van der Waals surface area contributed by atoms with Crippen LogP contribution < -0.4 is 9.47 Å². The maximum atomic E-state index is 12.8. The van der Waals surface area contributed by atoms with E-state index in [0.29, 0.717) is 32.7 Å². The Labute approximate surface area is 175 Å². The number of carbonyl (C=O) groups is 1. The third-order valence-corrected chi connectivity index (χ3v) is 6.79. The molecule has 0 radical (unpaired) electrons. The number of sulfonamides is 1. The molecule has 0 unspecified atom stereocenters. The predicted octanol–water partition coefficient (Wildman–Crippen LogP) is 2.04. The predicted molar refractivity (Wildman–Crippen MR) is 107 cm³/mol. The Morgan fingerprint density at radius 3 is 2.45 bits per heavy atom. The van der Waals surface area contributed by atoms with Crippen LogP contribution in [0.2, 0.25) is 0 Å².